The number of likely N-dealkylation sites (tertiary alicyclic amines) is 1. The van der Waals surface area contributed by atoms with Crippen LogP contribution in [0.2, 0.25) is 0 Å². The Hall–Kier alpha value is -1.84. The maximum atomic E-state index is 10.6. The number of phenolic OH excluding ortho intramolecular Hbond substituents is 1. The monoisotopic (exact) mass is 393 g/mol. The Morgan fingerprint density at radius 1 is 1.10 bits per heavy atom. The van der Waals surface area contributed by atoms with Crippen molar-refractivity contribution in [3.05, 3.63) is 65.2 Å². The molecule has 2 aliphatic rings. The van der Waals surface area contributed by atoms with Gasteiger partial charge in [-0.25, -0.2) is 0 Å². The largest absolute Gasteiger partial charge is 0.508 e. The van der Waals surface area contributed by atoms with E-state index in [4.69, 9.17) is 4.74 Å². The molecule has 0 radical (unpaired) electrons. The van der Waals surface area contributed by atoms with Crippen molar-refractivity contribution in [3.8, 4) is 5.75 Å². The molecular formula is C26H35NO2. The summed E-state index contributed by atoms with van der Waals surface area (Å²) in [6.07, 6.45) is 2.12. The predicted molar refractivity (Wildman–Crippen MR) is 118 cm³/mol. The van der Waals surface area contributed by atoms with E-state index in [1.165, 1.54) is 16.7 Å². The van der Waals surface area contributed by atoms with Crippen LogP contribution in [0.4, 0.5) is 0 Å². The third-order valence-corrected chi connectivity index (χ3v) is 7.81. The molecule has 3 atom stereocenters. The highest BCUT2D eigenvalue weighted by atomic mass is 16.5. The molecule has 4 rings (SSSR count). The summed E-state index contributed by atoms with van der Waals surface area (Å²) in [5.41, 5.74) is 4.11. The van der Waals surface area contributed by atoms with Gasteiger partial charge in [0.1, 0.15) is 5.75 Å². The van der Waals surface area contributed by atoms with Crippen molar-refractivity contribution < 1.29 is 9.84 Å². The van der Waals surface area contributed by atoms with Crippen molar-refractivity contribution in [2.45, 2.75) is 59.1 Å². The quantitative estimate of drug-likeness (QED) is 0.669. The zero-order valence-corrected chi connectivity index (χ0v) is 18.3. The maximum Gasteiger partial charge on any atom is 0.119 e. The Bertz CT molecular complexity index is 847. The molecule has 1 saturated heterocycles. The van der Waals surface area contributed by atoms with Gasteiger partial charge in [0.05, 0.1) is 13.2 Å². The van der Waals surface area contributed by atoms with Gasteiger partial charge in [-0.3, -0.25) is 4.90 Å². The normalized spacial score (nSPS) is 28.1. The first-order chi connectivity index (χ1) is 13.9. The summed E-state index contributed by atoms with van der Waals surface area (Å²) in [5, 5.41) is 10.6. The fourth-order valence-electron chi connectivity index (χ4n) is 6.03. The average Bonchev–Trinajstić information content (AvgIpc) is 2.75. The summed E-state index contributed by atoms with van der Waals surface area (Å²) in [5.74, 6) is 0.874. The molecule has 0 aromatic heterocycles. The van der Waals surface area contributed by atoms with Crippen molar-refractivity contribution >= 4 is 0 Å². The minimum absolute atomic E-state index is 0.132. The molecule has 1 heterocycles. The van der Waals surface area contributed by atoms with Crippen LogP contribution in [-0.2, 0) is 17.8 Å². The molecule has 1 aliphatic heterocycles. The van der Waals surface area contributed by atoms with Crippen molar-refractivity contribution in [2.75, 3.05) is 19.7 Å². The number of phenols is 1. The van der Waals surface area contributed by atoms with E-state index in [2.05, 4.69) is 62.9 Å². The molecule has 1 fully saturated rings. The second-order valence-corrected chi connectivity index (χ2v) is 9.69. The van der Waals surface area contributed by atoms with Crippen LogP contribution in [0.3, 0.4) is 0 Å². The number of aromatic hydroxyl groups is 1. The zero-order valence-electron chi connectivity index (χ0n) is 18.3. The van der Waals surface area contributed by atoms with Gasteiger partial charge in [-0.1, -0.05) is 70.2 Å². The predicted octanol–water partition coefficient (Wildman–Crippen LogP) is 5.38. The van der Waals surface area contributed by atoms with Gasteiger partial charge >= 0.3 is 0 Å². The average molecular weight is 394 g/mol. The van der Waals surface area contributed by atoms with Crippen LogP contribution in [0.25, 0.3) is 0 Å². The van der Waals surface area contributed by atoms with Crippen molar-refractivity contribution in [3.63, 3.8) is 0 Å². The van der Waals surface area contributed by atoms with Crippen LogP contribution in [0.15, 0.2) is 48.5 Å². The summed E-state index contributed by atoms with van der Waals surface area (Å²) in [4.78, 5) is 2.63. The Morgan fingerprint density at radius 3 is 2.59 bits per heavy atom. The van der Waals surface area contributed by atoms with Crippen molar-refractivity contribution in [1.82, 2.24) is 4.90 Å². The second-order valence-electron chi connectivity index (χ2n) is 9.69. The third kappa shape index (κ3) is 3.49. The fourth-order valence-corrected chi connectivity index (χ4v) is 6.03. The number of hydrogen-bond acceptors (Lipinski definition) is 3. The molecular weight excluding hydrogens is 358 g/mol. The molecule has 0 saturated carbocycles. The first kappa shape index (κ1) is 20.4. The van der Waals surface area contributed by atoms with E-state index in [1.807, 2.05) is 18.2 Å². The number of fused-ring (bicyclic) bond motifs is 2. The highest BCUT2D eigenvalue weighted by molar-refractivity contribution is 5.45. The SMILES string of the molecule is CCC12Cc3c(O)cccc3C(C)C(C)(C)C1N(CCOCc1ccccc1)C2. The molecule has 0 bridgehead atoms. The molecule has 2 aromatic carbocycles. The molecule has 0 amide bonds. The van der Waals surface area contributed by atoms with Crippen LogP contribution in [0, 0.1) is 10.8 Å². The molecule has 29 heavy (non-hydrogen) atoms. The Morgan fingerprint density at radius 2 is 1.86 bits per heavy atom. The molecule has 3 nitrogen and oxygen atoms in total. The molecule has 1 aliphatic carbocycles. The summed E-state index contributed by atoms with van der Waals surface area (Å²) in [6.45, 7) is 13.0. The summed E-state index contributed by atoms with van der Waals surface area (Å²) in [7, 11) is 0. The van der Waals surface area contributed by atoms with Gasteiger partial charge in [-0.05, 0) is 46.9 Å². The molecule has 3 heteroatoms. The van der Waals surface area contributed by atoms with E-state index >= 15 is 0 Å². The maximum absolute atomic E-state index is 10.6. The Balaban J connectivity index is 1.50. The number of ether oxygens (including phenoxy) is 1. The first-order valence-electron chi connectivity index (χ1n) is 11.1. The molecule has 0 spiro atoms. The molecule has 1 N–H and O–H groups in total. The van der Waals surface area contributed by atoms with Gasteiger partial charge in [0.15, 0.2) is 0 Å². The van der Waals surface area contributed by atoms with E-state index in [0.717, 1.165) is 32.5 Å². The van der Waals surface area contributed by atoms with Gasteiger partial charge < -0.3 is 9.84 Å². The standard InChI is InChI=1S/C26H35NO2/c1-5-26-16-22-21(12-9-13-23(22)28)19(2)25(3,4)24(26)27(18-26)14-15-29-17-20-10-7-6-8-11-20/h6-13,19,24,28H,5,14-18H2,1-4H3. The van der Waals surface area contributed by atoms with Gasteiger partial charge in [-0.15, -0.1) is 0 Å². The lowest BCUT2D eigenvalue weighted by atomic mass is 9.56. The third-order valence-electron chi connectivity index (χ3n) is 7.81. The fraction of sp³-hybridized carbons (Fsp3) is 0.538. The van der Waals surface area contributed by atoms with Crippen molar-refractivity contribution in [2.24, 2.45) is 10.8 Å². The number of rotatable bonds is 6. The zero-order chi connectivity index (χ0) is 20.6. The van der Waals surface area contributed by atoms with E-state index in [0.29, 0.717) is 24.3 Å². The van der Waals surface area contributed by atoms with Crippen LogP contribution in [0.1, 0.15) is 56.7 Å². The lowest BCUT2D eigenvalue weighted by Gasteiger charge is -2.63. The van der Waals surface area contributed by atoms with E-state index in [9.17, 15) is 5.11 Å². The first-order valence-corrected chi connectivity index (χ1v) is 11.1. The van der Waals surface area contributed by atoms with E-state index in [1.54, 1.807) is 0 Å². The summed E-state index contributed by atoms with van der Waals surface area (Å²) >= 11 is 0. The van der Waals surface area contributed by atoms with Crippen LogP contribution >= 0.6 is 0 Å². The lowest BCUT2D eigenvalue weighted by molar-refractivity contribution is -0.142. The minimum Gasteiger partial charge on any atom is -0.508 e. The summed E-state index contributed by atoms with van der Waals surface area (Å²) in [6, 6.07) is 17.0. The van der Waals surface area contributed by atoms with Crippen molar-refractivity contribution in [1.29, 1.82) is 0 Å². The lowest BCUT2D eigenvalue weighted by Crippen LogP contribution is -2.70. The van der Waals surface area contributed by atoms with Crippen LogP contribution in [0.5, 0.6) is 5.75 Å². The van der Waals surface area contributed by atoms with E-state index < -0.39 is 0 Å². The highest BCUT2D eigenvalue weighted by Gasteiger charge is 2.60. The summed E-state index contributed by atoms with van der Waals surface area (Å²) < 4.78 is 6.00. The van der Waals surface area contributed by atoms with Gasteiger partial charge in [-0.2, -0.15) is 0 Å². The second kappa shape index (κ2) is 7.77. The molecule has 156 valence electrons. The Labute approximate surface area is 175 Å². The smallest absolute Gasteiger partial charge is 0.119 e. The number of nitrogens with zero attached hydrogens (tertiary/aromatic N) is 1. The molecule has 3 unspecified atom stereocenters. The minimum atomic E-state index is 0.132. The number of hydrogen-bond donors (Lipinski definition) is 1. The van der Waals surface area contributed by atoms with Crippen LogP contribution < -0.4 is 0 Å². The van der Waals surface area contributed by atoms with Gasteiger partial charge in [0, 0.05) is 24.5 Å². The Kier molecular flexibility index (Phi) is 5.48. The van der Waals surface area contributed by atoms with Crippen LogP contribution in [-0.4, -0.2) is 35.7 Å². The molecule has 2 aromatic rings. The highest BCUT2D eigenvalue weighted by Crippen LogP contribution is 2.59. The van der Waals surface area contributed by atoms with E-state index in [-0.39, 0.29) is 10.8 Å². The van der Waals surface area contributed by atoms with Gasteiger partial charge in [0.2, 0.25) is 0 Å². The number of benzene rings is 2. The van der Waals surface area contributed by atoms with Gasteiger partial charge in [0.25, 0.3) is 0 Å². The topological polar surface area (TPSA) is 32.7 Å².